The molecule has 0 aromatic heterocycles. The maximum absolute atomic E-state index is 12.9. The lowest BCUT2D eigenvalue weighted by Crippen LogP contribution is -2.30. The van der Waals surface area contributed by atoms with Gasteiger partial charge in [0, 0.05) is 19.3 Å². The largest absolute Gasteiger partial charge is 0.462 e. The average Bonchev–Trinajstić information content (AvgIpc) is 3.45. The molecule has 6 heteroatoms. The number of hydrogen-bond donors (Lipinski definition) is 0. The number of carbonyl (C=O) groups is 3. The van der Waals surface area contributed by atoms with E-state index in [1.54, 1.807) is 0 Å². The molecule has 0 aliphatic heterocycles. The van der Waals surface area contributed by atoms with E-state index < -0.39 is 6.10 Å². The quantitative estimate of drug-likeness (QED) is 0.0261. The summed E-state index contributed by atoms with van der Waals surface area (Å²) in [5.41, 5.74) is 0. The normalized spacial score (nSPS) is 12.8. The summed E-state index contributed by atoms with van der Waals surface area (Å²) in [5.74, 6) is -0.892. The Balaban J connectivity index is 4.31. The first-order chi connectivity index (χ1) is 39.0. The summed E-state index contributed by atoms with van der Waals surface area (Å²) in [6.45, 7) is 6.53. The van der Waals surface area contributed by atoms with Crippen molar-refractivity contribution in [1.82, 2.24) is 0 Å². The Morgan fingerprint density at radius 2 is 0.494 bits per heavy atom. The maximum atomic E-state index is 12.9. The number of esters is 3. The smallest absolute Gasteiger partial charge is 0.306 e. The van der Waals surface area contributed by atoms with Crippen LogP contribution in [0.1, 0.15) is 316 Å². The predicted octanol–water partition coefficient (Wildman–Crippen LogP) is 23.0. The molecule has 0 aromatic carbocycles. The first-order valence-corrected chi connectivity index (χ1v) is 33.4. The molecule has 0 aromatic rings. The van der Waals surface area contributed by atoms with Gasteiger partial charge in [0.1, 0.15) is 13.2 Å². The van der Waals surface area contributed by atoms with Crippen molar-refractivity contribution in [2.45, 2.75) is 322 Å². The minimum absolute atomic E-state index is 0.0820. The first kappa shape index (κ1) is 75.1. The molecule has 0 N–H and O–H groups in total. The zero-order valence-electron chi connectivity index (χ0n) is 51.9. The highest BCUT2D eigenvalue weighted by Gasteiger charge is 2.19. The Bertz CT molecular complexity index is 1590. The lowest BCUT2D eigenvalue weighted by Gasteiger charge is -2.18. The minimum atomic E-state index is -0.787. The van der Waals surface area contributed by atoms with Gasteiger partial charge in [0.2, 0.25) is 0 Å². The van der Waals surface area contributed by atoms with Gasteiger partial charge >= 0.3 is 17.9 Å². The number of hydrogen-bond acceptors (Lipinski definition) is 6. The van der Waals surface area contributed by atoms with Gasteiger partial charge in [-0.3, -0.25) is 14.4 Å². The SMILES string of the molecule is CC/C=C\C/C=C\C/C=C\C/C=C\C/C=C\C/C=C\C/C=C\C/C=C\CCCCCCCCC(=O)OCC(COC(=O)CCCCCCCCCCCCCC)OC(=O)CCCCCCCCC/C=C\CCCCCCCCC. The number of ether oxygens (including phenoxy) is 3. The number of allylic oxidation sites excluding steroid dienone is 18. The van der Waals surface area contributed by atoms with E-state index in [1.807, 2.05) is 0 Å². The van der Waals surface area contributed by atoms with E-state index >= 15 is 0 Å². The zero-order valence-corrected chi connectivity index (χ0v) is 51.9. The van der Waals surface area contributed by atoms with Crippen LogP contribution in [0.15, 0.2) is 109 Å². The van der Waals surface area contributed by atoms with Crippen LogP contribution < -0.4 is 0 Å². The van der Waals surface area contributed by atoms with Gasteiger partial charge in [-0.1, -0.05) is 297 Å². The van der Waals surface area contributed by atoms with E-state index in [2.05, 4.69) is 130 Å². The summed E-state index contributed by atoms with van der Waals surface area (Å²) < 4.78 is 16.9. The maximum Gasteiger partial charge on any atom is 0.306 e. The van der Waals surface area contributed by atoms with Gasteiger partial charge in [0.15, 0.2) is 6.10 Å². The third-order valence-corrected chi connectivity index (χ3v) is 14.3. The molecular weight excluding hydrogens is 973 g/mol. The van der Waals surface area contributed by atoms with Crippen molar-refractivity contribution in [3.8, 4) is 0 Å². The van der Waals surface area contributed by atoms with Crippen molar-refractivity contribution in [1.29, 1.82) is 0 Å². The van der Waals surface area contributed by atoms with Crippen molar-refractivity contribution < 1.29 is 28.6 Å². The summed E-state index contributed by atoms with van der Waals surface area (Å²) >= 11 is 0. The molecule has 0 saturated heterocycles. The lowest BCUT2D eigenvalue weighted by molar-refractivity contribution is -0.167. The highest BCUT2D eigenvalue weighted by molar-refractivity contribution is 5.71. The molecular formula is C73H124O6. The van der Waals surface area contributed by atoms with Gasteiger partial charge in [0.05, 0.1) is 0 Å². The third kappa shape index (κ3) is 64.8. The van der Waals surface area contributed by atoms with Crippen LogP contribution in [-0.4, -0.2) is 37.2 Å². The van der Waals surface area contributed by atoms with Gasteiger partial charge in [-0.2, -0.15) is 0 Å². The molecule has 0 saturated carbocycles. The molecule has 0 amide bonds. The van der Waals surface area contributed by atoms with Crippen molar-refractivity contribution in [3.63, 3.8) is 0 Å². The molecule has 0 bridgehead atoms. The first-order valence-electron chi connectivity index (χ1n) is 33.4. The molecule has 6 nitrogen and oxygen atoms in total. The molecule has 0 heterocycles. The second-order valence-electron chi connectivity index (χ2n) is 22.0. The molecule has 452 valence electrons. The number of carbonyl (C=O) groups excluding carboxylic acids is 3. The summed E-state index contributed by atoms with van der Waals surface area (Å²) in [6.07, 6.45) is 91.0. The summed E-state index contributed by atoms with van der Waals surface area (Å²) in [6, 6.07) is 0. The van der Waals surface area contributed by atoms with E-state index in [9.17, 15) is 14.4 Å². The van der Waals surface area contributed by atoms with Crippen molar-refractivity contribution >= 4 is 17.9 Å². The number of rotatable bonds is 60. The molecule has 0 fully saturated rings. The predicted molar refractivity (Wildman–Crippen MR) is 343 cm³/mol. The Hall–Kier alpha value is -3.93. The van der Waals surface area contributed by atoms with Crippen LogP contribution in [0.3, 0.4) is 0 Å². The van der Waals surface area contributed by atoms with Crippen LogP contribution in [0.2, 0.25) is 0 Å². The van der Waals surface area contributed by atoms with Gasteiger partial charge in [-0.15, -0.1) is 0 Å². The standard InChI is InChI=1S/C73H124O6/c1-4-7-10-13-16-19-22-25-27-29-31-32-33-34-35-36-37-38-39-40-41-42-43-45-46-48-51-54-57-60-63-66-72(75)78-69-70(68-77-71(74)65-62-59-56-53-50-24-21-18-15-12-9-6-3)79-73(76)67-64-61-58-55-52-49-47-44-30-28-26-23-20-17-14-11-8-5-2/h7,10,16,19,25,27-28,30-32,34-35,37-38,40-41,43,45,70H,4-6,8-9,11-15,17-18,20-24,26,29,33,36,39,42,44,46-69H2,1-3H3/b10-7-,19-16-,27-25-,30-28-,32-31-,35-34-,38-37-,41-40-,45-43-. The fraction of sp³-hybridized carbons (Fsp3) is 0.712. The van der Waals surface area contributed by atoms with Gasteiger partial charge in [-0.05, 0) is 109 Å². The van der Waals surface area contributed by atoms with E-state index in [0.29, 0.717) is 19.3 Å². The van der Waals surface area contributed by atoms with E-state index in [4.69, 9.17) is 14.2 Å². The van der Waals surface area contributed by atoms with Gasteiger partial charge in [-0.25, -0.2) is 0 Å². The molecule has 0 rings (SSSR count). The fourth-order valence-electron chi connectivity index (χ4n) is 9.28. The summed E-state index contributed by atoms with van der Waals surface area (Å²) in [5, 5.41) is 0. The Kier molecular flexibility index (Phi) is 63.3. The molecule has 0 aliphatic carbocycles. The van der Waals surface area contributed by atoms with Crippen molar-refractivity contribution in [2.24, 2.45) is 0 Å². The van der Waals surface area contributed by atoms with E-state index in [0.717, 1.165) is 122 Å². The second-order valence-corrected chi connectivity index (χ2v) is 22.0. The topological polar surface area (TPSA) is 78.9 Å². The third-order valence-electron chi connectivity index (χ3n) is 14.3. The summed E-state index contributed by atoms with van der Waals surface area (Å²) in [4.78, 5) is 38.3. The van der Waals surface area contributed by atoms with Crippen LogP contribution in [0.25, 0.3) is 0 Å². The molecule has 1 unspecified atom stereocenters. The molecule has 0 radical (unpaired) electrons. The van der Waals surface area contributed by atoms with Gasteiger partial charge < -0.3 is 14.2 Å². The van der Waals surface area contributed by atoms with E-state index in [-0.39, 0.29) is 31.1 Å². The van der Waals surface area contributed by atoms with Crippen LogP contribution in [0, 0.1) is 0 Å². The monoisotopic (exact) mass is 1100 g/mol. The highest BCUT2D eigenvalue weighted by atomic mass is 16.6. The average molecular weight is 1100 g/mol. The number of unbranched alkanes of at least 4 members (excludes halogenated alkanes) is 31. The fourth-order valence-corrected chi connectivity index (χ4v) is 9.28. The lowest BCUT2D eigenvalue weighted by atomic mass is 10.0. The Labute approximate surface area is 489 Å². The molecule has 0 aliphatic rings. The van der Waals surface area contributed by atoms with Crippen LogP contribution in [0.4, 0.5) is 0 Å². The molecule has 1 atom stereocenters. The van der Waals surface area contributed by atoms with Crippen molar-refractivity contribution in [3.05, 3.63) is 109 Å². The van der Waals surface area contributed by atoms with Crippen LogP contribution in [-0.2, 0) is 28.6 Å². The second kappa shape index (κ2) is 66.6. The Morgan fingerprint density at radius 3 is 0.785 bits per heavy atom. The minimum Gasteiger partial charge on any atom is -0.462 e. The van der Waals surface area contributed by atoms with Gasteiger partial charge in [0.25, 0.3) is 0 Å². The Morgan fingerprint density at radius 1 is 0.266 bits per heavy atom. The van der Waals surface area contributed by atoms with Crippen molar-refractivity contribution in [2.75, 3.05) is 13.2 Å². The van der Waals surface area contributed by atoms with Crippen LogP contribution >= 0.6 is 0 Å². The summed E-state index contributed by atoms with van der Waals surface area (Å²) in [7, 11) is 0. The molecule has 0 spiro atoms. The van der Waals surface area contributed by atoms with E-state index in [1.165, 1.54) is 154 Å². The van der Waals surface area contributed by atoms with Crippen LogP contribution in [0.5, 0.6) is 0 Å². The zero-order chi connectivity index (χ0) is 57.1. The molecule has 79 heavy (non-hydrogen) atoms. The highest BCUT2D eigenvalue weighted by Crippen LogP contribution is 2.16.